The fourth-order valence-corrected chi connectivity index (χ4v) is 2.76. The maximum absolute atomic E-state index is 12.3. The van der Waals surface area contributed by atoms with Gasteiger partial charge < -0.3 is 20.1 Å². The smallest absolute Gasteiger partial charge is 0.255 e. The first-order valence-electron chi connectivity index (χ1n) is 7.51. The normalized spacial score (nSPS) is 10.1. The first-order valence-corrected chi connectivity index (χ1v) is 8.30. The molecule has 2 N–H and O–H groups in total. The highest BCUT2D eigenvalue weighted by Crippen LogP contribution is 2.30. The summed E-state index contributed by atoms with van der Waals surface area (Å²) in [4.78, 5) is 24.4. The maximum atomic E-state index is 12.3. The predicted octanol–water partition coefficient (Wildman–Crippen LogP) is 3.14. The highest BCUT2D eigenvalue weighted by molar-refractivity contribution is 9.10. The summed E-state index contributed by atoms with van der Waals surface area (Å²) in [5, 5.41) is 5.35. The van der Waals surface area contributed by atoms with E-state index in [1.807, 2.05) is 19.1 Å². The van der Waals surface area contributed by atoms with Crippen molar-refractivity contribution in [3.63, 3.8) is 0 Å². The molecule has 2 aromatic rings. The van der Waals surface area contributed by atoms with Gasteiger partial charge in [0, 0.05) is 10.2 Å². The number of para-hydroxylation sites is 1. The Hall–Kier alpha value is -2.54. The Labute approximate surface area is 154 Å². The Morgan fingerprint density at radius 3 is 2.52 bits per heavy atom. The van der Waals surface area contributed by atoms with Gasteiger partial charge in [-0.25, -0.2) is 0 Å². The van der Waals surface area contributed by atoms with E-state index >= 15 is 0 Å². The Kier molecular flexibility index (Phi) is 6.41. The molecular weight excluding hydrogens is 388 g/mol. The van der Waals surface area contributed by atoms with Gasteiger partial charge in [-0.3, -0.25) is 9.59 Å². The molecule has 2 amide bonds. The van der Waals surface area contributed by atoms with Crippen LogP contribution in [0.4, 0.5) is 5.69 Å². The lowest BCUT2D eigenvalue weighted by molar-refractivity contribution is -0.115. The van der Waals surface area contributed by atoms with Crippen LogP contribution in [-0.2, 0) is 4.79 Å². The summed E-state index contributed by atoms with van der Waals surface area (Å²) in [6.07, 6.45) is 0. The Morgan fingerprint density at radius 1 is 1.12 bits per heavy atom. The van der Waals surface area contributed by atoms with E-state index in [2.05, 4.69) is 26.6 Å². The van der Waals surface area contributed by atoms with Crippen LogP contribution >= 0.6 is 15.9 Å². The molecule has 0 aromatic heterocycles. The molecule has 132 valence electrons. The van der Waals surface area contributed by atoms with Crippen LogP contribution in [0.5, 0.6) is 11.5 Å². The van der Waals surface area contributed by atoms with Gasteiger partial charge in [0.25, 0.3) is 5.91 Å². The van der Waals surface area contributed by atoms with Crippen LogP contribution in [0.1, 0.15) is 15.9 Å². The van der Waals surface area contributed by atoms with Gasteiger partial charge in [0.2, 0.25) is 5.91 Å². The summed E-state index contributed by atoms with van der Waals surface area (Å²) in [7, 11) is 2.95. The minimum atomic E-state index is -0.418. The third kappa shape index (κ3) is 4.73. The Bertz CT molecular complexity index is 793. The van der Waals surface area contributed by atoms with Crippen molar-refractivity contribution < 1.29 is 19.1 Å². The maximum Gasteiger partial charge on any atom is 0.255 e. The topological polar surface area (TPSA) is 76.7 Å². The number of hydrogen-bond donors (Lipinski definition) is 2. The van der Waals surface area contributed by atoms with E-state index in [4.69, 9.17) is 9.47 Å². The molecule has 7 heteroatoms. The molecular formula is C18H19BrN2O4. The molecule has 0 bridgehead atoms. The Balaban J connectivity index is 2.01. The lowest BCUT2D eigenvalue weighted by Crippen LogP contribution is -2.33. The number of benzene rings is 2. The molecule has 0 radical (unpaired) electrons. The van der Waals surface area contributed by atoms with Crippen molar-refractivity contribution in [3.05, 3.63) is 52.0 Å². The van der Waals surface area contributed by atoms with Crippen molar-refractivity contribution in [1.82, 2.24) is 5.32 Å². The molecule has 0 unspecified atom stereocenters. The van der Waals surface area contributed by atoms with Crippen molar-refractivity contribution in [1.29, 1.82) is 0 Å². The largest absolute Gasteiger partial charge is 0.493 e. The Morgan fingerprint density at radius 2 is 1.88 bits per heavy atom. The third-order valence-electron chi connectivity index (χ3n) is 3.52. The number of carbonyl (C=O) groups excluding carboxylic acids is 2. The van der Waals surface area contributed by atoms with Gasteiger partial charge in [0.05, 0.1) is 26.3 Å². The molecule has 2 rings (SSSR count). The summed E-state index contributed by atoms with van der Waals surface area (Å²) in [6, 6.07) is 10.5. The number of aryl methyl sites for hydroxylation is 1. The summed E-state index contributed by atoms with van der Waals surface area (Å²) in [5.74, 6) is 0.0378. The zero-order valence-electron chi connectivity index (χ0n) is 14.2. The van der Waals surface area contributed by atoms with Crippen LogP contribution < -0.4 is 20.1 Å². The minimum absolute atomic E-state index is 0.158. The second-order valence-electron chi connectivity index (χ2n) is 5.23. The molecule has 0 heterocycles. The molecule has 0 aliphatic carbocycles. The van der Waals surface area contributed by atoms with Gasteiger partial charge >= 0.3 is 0 Å². The molecule has 0 saturated carbocycles. The number of carbonyl (C=O) groups is 2. The van der Waals surface area contributed by atoms with Crippen LogP contribution in [-0.4, -0.2) is 32.6 Å². The van der Waals surface area contributed by atoms with E-state index in [-0.39, 0.29) is 12.5 Å². The van der Waals surface area contributed by atoms with E-state index in [0.29, 0.717) is 22.7 Å². The van der Waals surface area contributed by atoms with Crippen molar-refractivity contribution in [2.24, 2.45) is 0 Å². The van der Waals surface area contributed by atoms with E-state index in [0.717, 1.165) is 10.0 Å². The monoisotopic (exact) mass is 406 g/mol. The van der Waals surface area contributed by atoms with Crippen LogP contribution in [0.25, 0.3) is 0 Å². The summed E-state index contributed by atoms with van der Waals surface area (Å²) < 4.78 is 11.3. The van der Waals surface area contributed by atoms with Gasteiger partial charge in [-0.1, -0.05) is 22.0 Å². The van der Waals surface area contributed by atoms with Crippen LogP contribution in [0.3, 0.4) is 0 Å². The number of halogens is 1. The van der Waals surface area contributed by atoms with E-state index < -0.39 is 5.91 Å². The minimum Gasteiger partial charge on any atom is -0.493 e. The van der Waals surface area contributed by atoms with Gasteiger partial charge in [0.1, 0.15) is 0 Å². The molecule has 0 saturated heterocycles. The molecule has 0 spiro atoms. The van der Waals surface area contributed by atoms with Gasteiger partial charge in [-0.05, 0) is 42.8 Å². The standard InChI is InChI=1S/C18H19BrN2O4/c1-11-9-12(19)7-8-14(11)21-16(22)10-20-18(23)13-5-4-6-15(24-2)17(13)25-3/h4-9H,10H2,1-3H3,(H,20,23)(H,21,22). The number of amides is 2. The molecule has 25 heavy (non-hydrogen) atoms. The number of ether oxygens (including phenoxy) is 2. The number of rotatable bonds is 6. The average molecular weight is 407 g/mol. The molecule has 2 aromatic carbocycles. The third-order valence-corrected chi connectivity index (χ3v) is 4.01. The van der Waals surface area contributed by atoms with Crippen molar-refractivity contribution in [2.45, 2.75) is 6.92 Å². The van der Waals surface area contributed by atoms with Gasteiger partial charge in [0.15, 0.2) is 11.5 Å². The highest BCUT2D eigenvalue weighted by Gasteiger charge is 2.17. The second kappa shape index (κ2) is 8.53. The van der Waals surface area contributed by atoms with Gasteiger partial charge in [-0.15, -0.1) is 0 Å². The highest BCUT2D eigenvalue weighted by atomic mass is 79.9. The van der Waals surface area contributed by atoms with Gasteiger partial charge in [-0.2, -0.15) is 0 Å². The number of hydrogen-bond acceptors (Lipinski definition) is 4. The summed E-state index contributed by atoms with van der Waals surface area (Å²) >= 11 is 3.37. The lowest BCUT2D eigenvalue weighted by atomic mass is 10.1. The zero-order chi connectivity index (χ0) is 18.4. The van der Waals surface area contributed by atoms with Crippen LogP contribution in [0.15, 0.2) is 40.9 Å². The van der Waals surface area contributed by atoms with Crippen molar-refractivity contribution >= 4 is 33.4 Å². The fourth-order valence-electron chi connectivity index (χ4n) is 2.28. The van der Waals surface area contributed by atoms with Crippen LogP contribution in [0, 0.1) is 6.92 Å². The first kappa shape index (κ1) is 18.8. The number of methoxy groups -OCH3 is 2. The molecule has 0 fully saturated rings. The van der Waals surface area contributed by atoms with E-state index in [1.54, 1.807) is 24.3 Å². The average Bonchev–Trinajstić information content (AvgIpc) is 2.61. The van der Waals surface area contributed by atoms with Crippen molar-refractivity contribution in [3.8, 4) is 11.5 Å². The predicted molar refractivity (Wildman–Crippen MR) is 99.4 cm³/mol. The van der Waals surface area contributed by atoms with E-state index in [9.17, 15) is 9.59 Å². The molecule has 0 atom stereocenters. The number of nitrogens with one attached hydrogen (secondary N) is 2. The first-order chi connectivity index (χ1) is 12.0. The SMILES string of the molecule is COc1cccc(C(=O)NCC(=O)Nc2ccc(Br)cc2C)c1OC. The quantitative estimate of drug-likeness (QED) is 0.772. The second-order valence-corrected chi connectivity index (χ2v) is 6.15. The lowest BCUT2D eigenvalue weighted by Gasteiger charge is -2.13. The number of anilines is 1. The summed E-state index contributed by atoms with van der Waals surface area (Å²) in [5.41, 5.74) is 1.92. The molecule has 0 aliphatic rings. The van der Waals surface area contributed by atoms with E-state index in [1.165, 1.54) is 14.2 Å². The van der Waals surface area contributed by atoms with Crippen molar-refractivity contribution in [2.75, 3.05) is 26.1 Å². The zero-order valence-corrected chi connectivity index (χ0v) is 15.8. The molecule has 0 aliphatic heterocycles. The van der Waals surface area contributed by atoms with Crippen LogP contribution in [0.2, 0.25) is 0 Å². The molecule has 6 nitrogen and oxygen atoms in total. The fraction of sp³-hybridized carbons (Fsp3) is 0.222. The summed E-state index contributed by atoms with van der Waals surface area (Å²) in [6.45, 7) is 1.73.